The van der Waals surface area contributed by atoms with Crippen LogP contribution in [0, 0.1) is 0 Å². The highest BCUT2D eigenvalue weighted by atomic mass is 79.9. The summed E-state index contributed by atoms with van der Waals surface area (Å²) in [5, 5.41) is 7.76. The summed E-state index contributed by atoms with van der Waals surface area (Å²) in [5.41, 5.74) is 0.899. The standard InChI is InChI=1S/C14H23BrN4O/c1-3-7-19-14(20)13(15)12(10-17-19)18-8-5-11(6-9-18)16-4-2/h10-11,16H,3-9H2,1-2H3. The van der Waals surface area contributed by atoms with Gasteiger partial charge in [0.05, 0.1) is 11.9 Å². The number of anilines is 1. The summed E-state index contributed by atoms with van der Waals surface area (Å²) in [7, 11) is 0. The highest BCUT2D eigenvalue weighted by molar-refractivity contribution is 9.10. The molecule has 0 aromatic carbocycles. The van der Waals surface area contributed by atoms with E-state index in [9.17, 15) is 4.79 Å². The molecule has 5 nitrogen and oxygen atoms in total. The van der Waals surface area contributed by atoms with Crippen molar-refractivity contribution in [1.29, 1.82) is 0 Å². The molecule has 1 aromatic heterocycles. The van der Waals surface area contributed by atoms with E-state index in [4.69, 9.17) is 0 Å². The molecule has 0 aliphatic carbocycles. The lowest BCUT2D eigenvalue weighted by atomic mass is 10.0. The number of hydrogen-bond acceptors (Lipinski definition) is 4. The maximum atomic E-state index is 12.2. The highest BCUT2D eigenvalue weighted by Crippen LogP contribution is 2.25. The first-order valence-corrected chi connectivity index (χ1v) is 8.20. The first-order chi connectivity index (χ1) is 9.67. The van der Waals surface area contributed by atoms with Crippen molar-refractivity contribution in [2.24, 2.45) is 0 Å². The van der Waals surface area contributed by atoms with Gasteiger partial charge >= 0.3 is 0 Å². The zero-order valence-corrected chi connectivity index (χ0v) is 13.8. The molecule has 1 saturated heterocycles. The molecule has 0 amide bonds. The van der Waals surface area contributed by atoms with Gasteiger partial charge in [0.15, 0.2) is 0 Å². The van der Waals surface area contributed by atoms with Gasteiger partial charge in [0.2, 0.25) is 0 Å². The smallest absolute Gasteiger partial charge is 0.283 e. The van der Waals surface area contributed by atoms with Crippen LogP contribution in [0.1, 0.15) is 33.1 Å². The molecule has 1 aliphatic heterocycles. The zero-order valence-electron chi connectivity index (χ0n) is 12.2. The molecule has 0 spiro atoms. The number of hydrogen-bond donors (Lipinski definition) is 1. The minimum absolute atomic E-state index is 0.0295. The second kappa shape index (κ2) is 7.22. The molecule has 20 heavy (non-hydrogen) atoms. The maximum absolute atomic E-state index is 12.2. The van der Waals surface area contributed by atoms with Gasteiger partial charge in [-0.25, -0.2) is 4.68 Å². The quantitative estimate of drug-likeness (QED) is 0.888. The summed E-state index contributed by atoms with van der Waals surface area (Å²) in [6.07, 6.45) is 4.94. The van der Waals surface area contributed by atoms with E-state index in [-0.39, 0.29) is 5.56 Å². The van der Waals surface area contributed by atoms with Crippen LogP contribution in [0.15, 0.2) is 15.5 Å². The Morgan fingerprint density at radius 3 is 2.70 bits per heavy atom. The van der Waals surface area contributed by atoms with E-state index in [0.29, 0.717) is 17.1 Å². The van der Waals surface area contributed by atoms with Crippen LogP contribution in [0.2, 0.25) is 0 Å². The lowest BCUT2D eigenvalue weighted by Crippen LogP contribution is -2.43. The van der Waals surface area contributed by atoms with Crippen molar-refractivity contribution in [3.05, 3.63) is 21.0 Å². The summed E-state index contributed by atoms with van der Waals surface area (Å²) < 4.78 is 2.17. The zero-order chi connectivity index (χ0) is 14.5. The van der Waals surface area contributed by atoms with E-state index in [1.165, 1.54) is 4.68 Å². The number of halogens is 1. The lowest BCUT2D eigenvalue weighted by molar-refractivity contribution is 0.423. The molecular formula is C14H23BrN4O. The fraction of sp³-hybridized carbons (Fsp3) is 0.714. The molecule has 0 saturated carbocycles. The maximum Gasteiger partial charge on any atom is 0.283 e. The summed E-state index contributed by atoms with van der Waals surface area (Å²) >= 11 is 3.45. The molecule has 0 unspecified atom stereocenters. The van der Waals surface area contributed by atoms with E-state index in [0.717, 1.165) is 44.6 Å². The highest BCUT2D eigenvalue weighted by Gasteiger charge is 2.21. The average molecular weight is 343 g/mol. The van der Waals surface area contributed by atoms with Gasteiger partial charge < -0.3 is 10.2 Å². The molecule has 2 heterocycles. The third kappa shape index (κ3) is 3.41. The number of nitrogens with zero attached hydrogens (tertiary/aromatic N) is 3. The van der Waals surface area contributed by atoms with Crippen LogP contribution in [0.25, 0.3) is 0 Å². The number of aryl methyl sites for hydroxylation is 1. The van der Waals surface area contributed by atoms with E-state index in [2.05, 4.69) is 38.2 Å². The topological polar surface area (TPSA) is 50.2 Å². The Bertz CT molecular complexity index is 494. The molecule has 1 aliphatic rings. The monoisotopic (exact) mass is 342 g/mol. The summed E-state index contributed by atoms with van der Waals surface area (Å²) in [6.45, 7) is 7.80. The Hall–Kier alpha value is -0.880. The first-order valence-electron chi connectivity index (χ1n) is 7.41. The minimum Gasteiger partial charge on any atom is -0.369 e. The van der Waals surface area contributed by atoms with E-state index in [1.54, 1.807) is 0 Å². The van der Waals surface area contributed by atoms with Crippen molar-refractivity contribution in [3.63, 3.8) is 0 Å². The molecule has 0 atom stereocenters. The largest absolute Gasteiger partial charge is 0.369 e. The second-order valence-electron chi connectivity index (χ2n) is 5.19. The number of piperidine rings is 1. The fourth-order valence-corrected chi connectivity index (χ4v) is 3.22. The third-order valence-electron chi connectivity index (χ3n) is 3.73. The van der Waals surface area contributed by atoms with Crippen LogP contribution in [0.3, 0.4) is 0 Å². The van der Waals surface area contributed by atoms with E-state index < -0.39 is 0 Å². The van der Waals surface area contributed by atoms with E-state index >= 15 is 0 Å². The summed E-state index contributed by atoms with van der Waals surface area (Å²) in [5.74, 6) is 0. The second-order valence-corrected chi connectivity index (χ2v) is 5.98. The van der Waals surface area contributed by atoms with Gasteiger partial charge in [0, 0.05) is 25.7 Å². The van der Waals surface area contributed by atoms with Crippen LogP contribution in [-0.2, 0) is 6.54 Å². The minimum atomic E-state index is -0.0295. The molecule has 2 rings (SSSR count). The number of rotatable bonds is 5. The predicted molar refractivity (Wildman–Crippen MR) is 85.4 cm³/mol. The SMILES string of the molecule is CCCn1ncc(N2CCC(NCC)CC2)c(Br)c1=O. The fourth-order valence-electron chi connectivity index (χ4n) is 2.66. The van der Waals surface area contributed by atoms with Crippen molar-refractivity contribution in [2.45, 2.75) is 45.7 Å². The Morgan fingerprint density at radius 1 is 1.40 bits per heavy atom. The van der Waals surface area contributed by atoms with Gasteiger partial charge in [0.25, 0.3) is 5.56 Å². The third-order valence-corrected chi connectivity index (χ3v) is 4.48. The van der Waals surface area contributed by atoms with Crippen LogP contribution in [0.5, 0.6) is 0 Å². The summed E-state index contributed by atoms with van der Waals surface area (Å²) in [6, 6.07) is 0.600. The van der Waals surface area contributed by atoms with Gasteiger partial charge in [-0.2, -0.15) is 5.10 Å². The van der Waals surface area contributed by atoms with Gasteiger partial charge in [-0.15, -0.1) is 0 Å². The Morgan fingerprint density at radius 2 is 2.10 bits per heavy atom. The van der Waals surface area contributed by atoms with Crippen molar-refractivity contribution in [1.82, 2.24) is 15.1 Å². The molecule has 1 N–H and O–H groups in total. The average Bonchev–Trinajstić information content (AvgIpc) is 2.46. The molecule has 1 fully saturated rings. The van der Waals surface area contributed by atoms with E-state index in [1.807, 2.05) is 13.1 Å². The van der Waals surface area contributed by atoms with Gasteiger partial charge in [-0.05, 0) is 41.7 Å². The number of aromatic nitrogens is 2. The van der Waals surface area contributed by atoms with Crippen LogP contribution < -0.4 is 15.8 Å². The molecule has 6 heteroatoms. The Kier molecular flexibility index (Phi) is 5.60. The Balaban J connectivity index is 2.11. The lowest BCUT2D eigenvalue weighted by Gasteiger charge is -2.34. The van der Waals surface area contributed by atoms with Crippen LogP contribution >= 0.6 is 15.9 Å². The van der Waals surface area contributed by atoms with Crippen molar-refractivity contribution in [2.75, 3.05) is 24.5 Å². The van der Waals surface area contributed by atoms with Gasteiger partial charge in [0.1, 0.15) is 4.47 Å². The van der Waals surface area contributed by atoms with Crippen molar-refractivity contribution < 1.29 is 0 Å². The molecular weight excluding hydrogens is 320 g/mol. The molecule has 112 valence electrons. The molecule has 1 aromatic rings. The predicted octanol–water partition coefficient (Wildman–Crippen LogP) is 1.99. The van der Waals surface area contributed by atoms with Crippen LogP contribution in [-0.4, -0.2) is 35.5 Å². The van der Waals surface area contributed by atoms with Gasteiger partial charge in [-0.3, -0.25) is 4.79 Å². The van der Waals surface area contributed by atoms with Crippen molar-refractivity contribution >= 4 is 21.6 Å². The van der Waals surface area contributed by atoms with Gasteiger partial charge in [-0.1, -0.05) is 13.8 Å². The molecule has 0 radical (unpaired) electrons. The van der Waals surface area contributed by atoms with Crippen molar-refractivity contribution in [3.8, 4) is 0 Å². The first kappa shape index (κ1) is 15.5. The number of nitrogens with one attached hydrogen (secondary N) is 1. The normalized spacial score (nSPS) is 16.6. The summed E-state index contributed by atoms with van der Waals surface area (Å²) in [4.78, 5) is 14.5. The Labute approximate surface area is 128 Å². The van der Waals surface area contributed by atoms with Crippen LogP contribution in [0.4, 0.5) is 5.69 Å². The molecule has 0 bridgehead atoms.